The van der Waals surface area contributed by atoms with E-state index in [1.165, 1.54) is 5.56 Å². The van der Waals surface area contributed by atoms with Crippen LogP contribution in [0.25, 0.3) is 0 Å². The van der Waals surface area contributed by atoms with E-state index < -0.39 is 0 Å². The predicted molar refractivity (Wildman–Crippen MR) is 119 cm³/mol. The van der Waals surface area contributed by atoms with Crippen LogP contribution in [-0.4, -0.2) is 36.5 Å². The lowest BCUT2D eigenvalue weighted by Gasteiger charge is -2.26. The van der Waals surface area contributed by atoms with Crippen molar-refractivity contribution in [3.8, 4) is 0 Å². The van der Waals surface area contributed by atoms with Crippen LogP contribution in [0.2, 0.25) is 0 Å². The lowest BCUT2D eigenvalue weighted by Crippen LogP contribution is -2.41. The average molecular weight is 472 g/mol. The number of guanidine groups is 1. The maximum absolute atomic E-state index is 4.53. The third kappa shape index (κ3) is 6.58. The van der Waals surface area contributed by atoms with Crippen molar-refractivity contribution in [1.82, 2.24) is 15.2 Å². The minimum Gasteiger partial charge on any atom is -0.356 e. The van der Waals surface area contributed by atoms with Crippen molar-refractivity contribution in [3.63, 3.8) is 0 Å². The highest BCUT2D eigenvalue weighted by molar-refractivity contribution is 14.0. The number of benzene rings is 1. The predicted octanol–water partition coefficient (Wildman–Crippen LogP) is 4.52. The van der Waals surface area contributed by atoms with Crippen LogP contribution in [0, 0.1) is 12.8 Å². The van der Waals surface area contributed by atoms with Gasteiger partial charge < -0.3 is 10.2 Å². The van der Waals surface area contributed by atoms with Crippen LogP contribution >= 0.6 is 35.3 Å². The second-order valence-corrected chi connectivity index (χ2v) is 7.47. The summed E-state index contributed by atoms with van der Waals surface area (Å²) in [5, 5.41) is 6.74. The van der Waals surface area contributed by atoms with Crippen molar-refractivity contribution in [1.29, 1.82) is 0 Å². The summed E-state index contributed by atoms with van der Waals surface area (Å²) < 4.78 is 0. The molecule has 2 aromatic rings. The fraction of sp³-hybridized carbons (Fsp3) is 0.474. The zero-order valence-electron chi connectivity index (χ0n) is 15.7. The first-order valence-electron chi connectivity index (χ1n) is 8.39. The number of aryl methyl sites for hydroxylation is 1. The molecule has 1 heterocycles. The molecule has 25 heavy (non-hydrogen) atoms. The first-order chi connectivity index (χ1) is 11.5. The first kappa shape index (κ1) is 21.9. The molecule has 0 bridgehead atoms. The van der Waals surface area contributed by atoms with Crippen LogP contribution in [0.1, 0.15) is 36.0 Å². The van der Waals surface area contributed by atoms with E-state index in [0.29, 0.717) is 11.8 Å². The van der Waals surface area contributed by atoms with E-state index in [-0.39, 0.29) is 24.0 Å². The minimum absolute atomic E-state index is 0. The maximum Gasteiger partial charge on any atom is 0.193 e. The molecule has 0 spiro atoms. The number of aliphatic imine (C=N–C) groups is 1. The molecule has 2 rings (SSSR count). The molecule has 1 aromatic carbocycles. The van der Waals surface area contributed by atoms with E-state index in [4.69, 9.17) is 0 Å². The molecule has 0 fully saturated rings. The van der Waals surface area contributed by atoms with Gasteiger partial charge in [-0.25, -0.2) is 4.98 Å². The van der Waals surface area contributed by atoms with Gasteiger partial charge >= 0.3 is 0 Å². The van der Waals surface area contributed by atoms with Crippen molar-refractivity contribution in [2.75, 3.05) is 20.6 Å². The molecule has 0 radical (unpaired) electrons. The molecule has 0 aliphatic carbocycles. The Bertz CT molecular complexity index is 654. The Hall–Kier alpha value is -1.15. The first-order valence-corrected chi connectivity index (χ1v) is 9.27. The van der Waals surface area contributed by atoms with Gasteiger partial charge in [0.25, 0.3) is 0 Å². The highest BCUT2D eigenvalue weighted by Crippen LogP contribution is 2.23. The van der Waals surface area contributed by atoms with Crippen LogP contribution in [0.3, 0.4) is 0 Å². The lowest BCUT2D eigenvalue weighted by molar-refractivity contribution is 0.445. The second kappa shape index (κ2) is 10.8. The maximum atomic E-state index is 4.53. The highest BCUT2D eigenvalue weighted by atomic mass is 127. The summed E-state index contributed by atoms with van der Waals surface area (Å²) in [6.45, 7) is 8.21. The molecule has 1 N–H and O–H groups in total. The van der Waals surface area contributed by atoms with Crippen molar-refractivity contribution in [2.45, 2.75) is 33.2 Å². The Morgan fingerprint density at radius 1 is 1.28 bits per heavy atom. The number of nitrogens with zero attached hydrogens (tertiary/aromatic N) is 3. The summed E-state index contributed by atoms with van der Waals surface area (Å²) in [5.41, 5.74) is 2.46. The summed E-state index contributed by atoms with van der Waals surface area (Å²) in [6, 6.07) is 10.7. The molecule has 0 aliphatic rings. The van der Waals surface area contributed by atoms with Gasteiger partial charge in [0.1, 0.15) is 0 Å². The van der Waals surface area contributed by atoms with E-state index in [2.05, 4.69) is 76.8 Å². The summed E-state index contributed by atoms with van der Waals surface area (Å²) in [7, 11) is 3.88. The van der Waals surface area contributed by atoms with Crippen LogP contribution in [0.4, 0.5) is 0 Å². The highest BCUT2D eigenvalue weighted by Gasteiger charge is 2.17. The van der Waals surface area contributed by atoms with Crippen LogP contribution in [-0.2, 0) is 6.54 Å². The zero-order valence-corrected chi connectivity index (χ0v) is 18.8. The number of halogens is 1. The number of thiazole rings is 1. The zero-order chi connectivity index (χ0) is 17.5. The van der Waals surface area contributed by atoms with Gasteiger partial charge in [0.15, 0.2) is 5.96 Å². The molecule has 1 aromatic heterocycles. The van der Waals surface area contributed by atoms with Crippen LogP contribution in [0.15, 0.2) is 40.7 Å². The fourth-order valence-electron chi connectivity index (χ4n) is 2.82. The molecule has 138 valence electrons. The summed E-state index contributed by atoms with van der Waals surface area (Å²) in [6.07, 6.45) is 0. The number of nitrogens with one attached hydrogen (secondary N) is 1. The van der Waals surface area contributed by atoms with Gasteiger partial charge in [-0.1, -0.05) is 44.2 Å². The lowest BCUT2D eigenvalue weighted by atomic mass is 9.88. The standard InChI is InChI=1S/C19H28N4S.HI/c1-14(2)18(16-9-7-6-8-10-16)11-21-19(20-4)23(5)12-17-13-24-15(3)22-17;/h6-10,13-14,18H,11-12H2,1-5H3,(H,20,21);1H. The number of rotatable bonds is 6. The third-order valence-electron chi connectivity index (χ3n) is 4.15. The molecular formula is C19H29IN4S. The van der Waals surface area contributed by atoms with Crippen molar-refractivity contribution < 1.29 is 0 Å². The molecule has 0 amide bonds. The van der Waals surface area contributed by atoms with Gasteiger partial charge in [-0.15, -0.1) is 35.3 Å². The summed E-state index contributed by atoms with van der Waals surface area (Å²) in [4.78, 5) is 11.1. The van der Waals surface area contributed by atoms with E-state index in [9.17, 15) is 0 Å². The van der Waals surface area contributed by atoms with E-state index >= 15 is 0 Å². The summed E-state index contributed by atoms with van der Waals surface area (Å²) in [5.74, 6) is 1.92. The molecule has 1 unspecified atom stereocenters. The van der Waals surface area contributed by atoms with Gasteiger partial charge in [-0.05, 0) is 18.4 Å². The van der Waals surface area contributed by atoms with E-state index in [1.54, 1.807) is 11.3 Å². The Kier molecular flexibility index (Phi) is 9.42. The second-order valence-electron chi connectivity index (χ2n) is 6.40. The molecule has 4 nitrogen and oxygen atoms in total. The van der Waals surface area contributed by atoms with Gasteiger partial charge in [-0.2, -0.15) is 0 Å². The van der Waals surface area contributed by atoms with Gasteiger partial charge in [0, 0.05) is 31.9 Å². The number of hydrogen-bond acceptors (Lipinski definition) is 3. The Morgan fingerprint density at radius 3 is 2.48 bits per heavy atom. The van der Waals surface area contributed by atoms with E-state index in [1.807, 2.05) is 14.0 Å². The minimum atomic E-state index is 0. The molecule has 1 atom stereocenters. The third-order valence-corrected chi connectivity index (χ3v) is 4.97. The van der Waals surface area contributed by atoms with Crippen molar-refractivity contribution >= 4 is 41.3 Å². The quantitative estimate of drug-likeness (QED) is 0.382. The summed E-state index contributed by atoms with van der Waals surface area (Å²) >= 11 is 1.69. The molecule has 0 saturated heterocycles. The van der Waals surface area contributed by atoms with Crippen molar-refractivity contribution in [2.24, 2.45) is 10.9 Å². The monoisotopic (exact) mass is 472 g/mol. The molecular weight excluding hydrogens is 443 g/mol. The average Bonchev–Trinajstić information content (AvgIpc) is 2.97. The van der Waals surface area contributed by atoms with Crippen LogP contribution < -0.4 is 5.32 Å². The van der Waals surface area contributed by atoms with Gasteiger partial charge in [0.2, 0.25) is 0 Å². The van der Waals surface area contributed by atoms with Crippen LogP contribution in [0.5, 0.6) is 0 Å². The van der Waals surface area contributed by atoms with Crippen molar-refractivity contribution in [3.05, 3.63) is 52.0 Å². The number of hydrogen-bond donors (Lipinski definition) is 1. The molecule has 0 saturated carbocycles. The Labute approximate surface area is 172 Å². The Morgan fingerprint density at radius 2 is 1.96 bits per heavy atom. The largest absolute Gasteiger partial charge is 0.356 e. The van der Waals surface area contributed by atoms with Gasteiger partial charge in [-0.3, -0.25) is 4.99 Å². The fourth-order valence-corrected chi connectivity index (χ4v) is 3.43. The van der Waals surface area contributed by atoms with Gasteiger partial charge in [0.05, 0.1) is 17.2 Å². The Balaban J connectivity index is 0.00000312. The molecule has 6 heteroatoms. The molecule has 0 aliphatic heterocycles. The van der Waals surface area contributed by atoms with E-state index in [0.717, 1.165) is 29.8 Å². The SMILES string of the molecule is CN=C(NCC(c1ccccc1)C(C)C)N(C)Cc1csc(C)n1.I. The number of aromatic nitrogens is 1. The normalized spacial score (nSPS) is 12.6. The smallest absolute Gasteiger partial charge is 0.193 e. The topological polar surface area (TPSA) is 40.5 Å².